The Morgan fingerprint density at radius 1 is 0.667 bits per heavy atom. The molecule has 0 atom stereocenters. The van der Waals surface area contributed by atoms with E-state index in [1.165, 1.54) is 0 Å². The van der Waals surface area contributed by atoms with Gasteiger partial charge in [0, 0.05) is 6.61 Å². The fourth-order valence-corrected chi connectivity index (χ4v) is 0. The van der Waals surface area contributed by atoms with Gasteiger partial charge < -0.3 is 34.5 Å². The van der Waals surface area contributed by atoms with E-state index in [4.69, 9.17) is 43.6 Å². The van der Waals surface area contributed by atoms with Gasteiger partial charge in [-0.2, -0.15) is 0 Å². The molecule has 0 aliphatic carbocycles. The molecule has 16 heteroatoms. The molecule has 0 aliphatic rings. The number of phosphoric acid groups is 2. The molecule has 0 aromatic heterocycles. The van der Waals surface area contributed by atoms with E-state index in [0.29, 0.717) is 0 Å². The van der Waals surface area contributed by atoms with E-state index in [2.05, 4.69) is 0 Å². The fourth-order valence-electron chi connectivity index (χ4n) is 0. The van der Waals surface area contributed by atoms with Crippen LogP contribution in [0.5, 0.6) is 0 Å². The molecule has 18 heavy (non-hydrogen) atoms. The van der Waals surface area contributed by atoms with Crippen molar-refractivity contribution in [2.75, 3.05) is 6.61 Å². The molecule has 0 heterocycles. The molecule has 0 aromatic rings. The Balaban J connectivity index is -0.0000000125. The van der Waals surface area contributed by atoms with E-state index in [9.17, 15) is 0 Å². The van der Waals surface area contributed by atoms with E-state index in [1.54, 1.807) is 6.92 Å². The second-order valence-electron chi connectivity index (χ2n) is 1.34. The Bertz CT molecular complexity index is 155. The molecule has 7 N–H and O–H groups in total. The SMILES string of the molecule is CCO.O=P(O)(O)O.O=P(O)(O)O.[NaH].[NaH].[NaH].[NaH].[NaH]. The maximum absolute atomic E-state index is 8.88. The first-order valence-electron chi connectivity index (χ1n) is 2.59. The van der Waals surface area contributed by atoms with E-state index in [-0.39, 0.29) is 154 Å². The Morgan fingerprint density at radius 2 is 0.667 bits per heavy atom. The van der Waals surface area contributed by atoms with Crippen LogP contribution in [0.1, 0.15) is 6.92 Å². The Labute approximate surface area is 216 Å². The molecule has 0 spiro atoms. The second-order valence-corrected chi connectivity index (χ2v) is 3.40. The Kier molecular flexibility index (Phi) is 82.8. The van der Waals surface area contributed by atoms with Gasteiger partial charge in [0.2, 0.25) is 0 Å². The minimum absolute atomic E-state index is 0. The summed E-state index contributed by atoms with van der Waals surface area (Å²) in [6.45, 7) is 1.93. The molecular weight excluding hydrogens is 345 g/mol. The summed E-state index contributed by atoms with van der Waals surface area (Å²) < 4.78 is 17.8. The van der Waals surface area contributed by atoms with Crippen molar-refractivity contribution in [3.63, 3.8) is 0 Å². The monoisotopic (exact) mass is 362 g/mol. The second kappa shape index (κ2) is 30.1. The number of aliphatic hydroxyl groups is 1. The zero-order chi connectivity index (χ0) is 11.7. The quantitative estimate of drug-likeness (QED) is 0.164. The summed E-state index contributed by atoms with van der Waals surface area (Å²) in [5, 5.41) is 7.57. The summed E-state index contributed by atoms with van der Waals surface area (Å²) in [4.78, 5) is 43.1. The van der Waals surface area contributed by atoms with Gasteiger partial charge in [-0.15, -0.1) is 0 Å². The first kappa shape index (κ1) is 49.5. The van der Waals surface area contributed by atoms with Gasteiger partial charge in [-0.05, 0) is 6.92 Å². The number of hydrogen-bond donors (Lipinski definition) is 7. The Morgan fingerprint density at radius 3 is 0.667 bits per heavy atom. The van der Waals surface area contributed by atoms with Crippen molar-refractivity contribution in [2.24, 2.45) is 0 Å². The van der Waals surface area contributed by atoms with Gasteiger partial charge in [0.15, 0.2) is 0 Å². The molecule has 0 aliphatic heterocycles. The molecule has 9 nitrogen and oxygen atoms in total. The van der Waals surface area contributed by atoms with Crippen LogP contribution < -0.4 is 0 Å². The van der Waals surface area contributed by atoms with Crippen LogP contribution in [0, 0.1) is 0 Å². The first-order chi connectivity index (χ1) is 5.41. The third kappa shape index (κ3) is 321. The van der Waals surface area contributed by atoms with Gasteiger partial charge >= 0.3 is 163 Å². The van der Waals surface area contributed by atoms with E-state index >= 15 is 0 Å². The third-order valence-electron chi connectivity index (χ3n) is 0. The molecule has 0 unspecified atom stereocenters. The van der Waals surface area contributed by atoms with Crippen molar-refractivity contribution in [1.29, 1.82) is 0 Å². The van der Waals surface area contributed by atoms with Gasteiger partial charge in [-0.25, -0.2) is 9.13 Å². The number of aliphatic hydroxyl groups excluding tert-OH is 1. The molecule has 0 saturated carbocycles. The van der Waals surface area contributed by atoms with Crippen molar-refractivity contribution in [3.05, 3.63) is 0 Å². The van der Waals surface area contributed by atoms with Crippen molar-refractivity contribution in [3.8, 4) is 0 Å². The van der Waals surface area contributed by atoms with Gasteiger partial charge in [-0.1, -0.05) is 0 Å². The van der Waals surface area contributed by atoms with Crippen LogP contribution in [-0.2, 0) is 9.13 Å². The van der Waals surface area contributed by atoms with Crippen LogP contribution in [0.25, 0.3) is 0 Å². The summed E-state index contributed by atoms with van der Waals surface area (Å²) in [6, 6.07) is 0. The molecule has 0 aromatic carbocycles. The third-order valence-corrected chi connectivity index (χ3v) is 0. The summed E-state index contributed by atoms with van der Waals surface area (Å²) in [7, 11) is -9.28. The predicted molar refractivity (Wildman–Crippen MR) is 77.0 cm³/mol. The van der Waals surface area contributed by atoms with Crippen LogP contribution in [-0.4, -0.2) is 189 Å². The normalized spacial score (nSPS) is 7.56. The Hall–Kier alpha value is 5.18. The summed E-state index contributed by atoms with van der Waals surface area (Å²) >= 11 is 0. The molecule has 0 saturated heterocycles. The average molecular weight is 362 g/mol. The van der Waals surface area contributed by atoms with Gasteiger partial charge in [0.1, 0.15) is 0 Å². The van der Waals surface area contributed by atoms with Crippen LogP contribution in [0.15, 0.2) is 0 Å². The molecule has 0 amide bonds. The zero-order valence-corrected chi connectivity index (χ0v) is 8.34. The number of hydrogen-bond acceptors (Lipinski definition) is 3. The average Bonchev–Trinajstić information content (AvgIpc) is 1.52. The van der Waals surface area contributed by atoms with Gasteiger partial charge in [0.25, 0.3) is 0 Å². The van der Waals surface area contributed by atoms with Crippen molar-refractivity contribution in [2.45, 2.75) is 6.92 Å². The van der Waals surface area contributed by atoms with Gasteiger partial charge in [-0.3, -0.25) is 0 Å². The van der Waals surface area contributed by atoms with Crippen LogP contribution in [0.2, 0.25) is 0 Å². The summed E-state index contributed by atoms with van der Waals surface area (Å²) in [5.41, 5.74) is 0. The topological polar surface area (TPSA) is 176 Å². The van der Waals surface area contributed by atoms with Crippen LogP contribution in [0.3, 0.4) is 0 Å². The molecule has 0 rings (SSSR count). The van der Waals surface area contributed by atoms with Gasteiger partial charge in [0.05, 0.1) is 0 Å². The summed E-state index contributed by atoms with van der Waals surface area (Å²) in [6.07, 6.45) is 0. The first-order valence-corrected chi connectivity index (χ1v) is 5.72. The molecule has 94 valence electrons. The van der Waals surface area contributed by atoms with Crippen molar-refractivity contribution >= 4 is 163 Å². The van der Waals surface area contributed by atoms with Crippen molar-refractivity contribution < 1.29 is 43.6 Å². The maximum atomic E-state index is 8.88. The molecule has 0 fully saturated rings. The molecule has 0 bridgehead atoms. The standard InChI is InChI=1S/C2H6O.5Na.2H3O4P.5H/c1-2-3;;;;;;2*1-5(2,3)4;;;;;/h3H,2H2,1H3;;;;;;2*(H3,1,2,3,4);;;;;. The van der Waals surface area contributed by atoms with Crippen molar-refractivity contribution in [1.82, 2.24) is 0 Å². The van der Waals surface area contributed by atoms with E-state index in [1.807, 2.05) is 0 Å². The number of rotatable bonds is 0. The van der Waals surface area contributed by atoms with E-state index in [0.717, 1.165) is 0 Å². The van der Waals surface area contributed by atoms with E-state index < -0.39 is 15.6 Å². The zero-order valence-electron chi connectivity index (χ0n) is 6.55. The summed E-state index contributed by atoms with van der Waals surface area (Å²) in [5.74, 6) is 0. The predicted octanol–water partition coefficient (Wildman–Crippen LogP) is -5.10. The molecular formula is C2H17Na5O9P2. The fraction of sp³-hybridized carbons (Fsp3) is 1.00. The van der Waals surface area contributed by atoms with Crippen LogP contribution >= 0.6 is 15.6 Å². The minimum atomic E-state index is -4.64. The van der Waals surface area contributed by atoms with Crippen LogP contribution in [0.4, 0.5) is 0 Å². The molecule has 0 radical (unpaired) electrons.